The predicted molar refractivity (Wildman–Crippen MR) is 98.5 cm³/mol. The molecule has 0 aliphatic carbocycles. The van der Waals surface area contributed by atoms with Crippen molar-refractivity contribution in [3.05, 3.63) is 66.2 Å². The van der Waals surface area contributed by atoms with Crippen LogP contribution in [0.2, 0.25) is 5.04 Å². The first-order chi connectivity index (χ1) is 10.9. The number of rotatable bonds is 5. The monoisotopic (exact) mass is 324 g/mol. The molecule has 0 heterocycles. The lowest BCUT2D eigenvalue weighted by Crippen LogP contribution is -2.66. The van der Waals surface area contributed by atoms with Crippen LogP contribution in [0.4, 0.5) is 0 Å². The SMILES string of the molecule is CC(=C=O)CO[Si](c1ccccc1)(c1ccccc1)C(C)(C)C. The zero-order valence-corrected chi connectivity index (χ0v) is 15.3. The Morgan fingerprint density at radius 2 is 1.39 bits per heavy atom. The summed E-state index contributed by atoms with van der Waals surface area (Å²) < 4.78 is 6.56. The second-order valence-electron chi connectivity index (χ2n) is 6.83. The molecule has 0 bridgehead atoms. The lowest BCUT2D eigenvalue weighted by Gasteiger charge is -2.43. The Balaban J connectivity index is 2.67. The van der Waals surface area contributed by atoms with Gasteiger partial charge in [0.2, 0.25) is 0 Å². The maximum Gasteiger partial charge on any atom is 0.261 e. The Labute approximate surface area is 139 Å². The van der Waals surface area contributed by atoms with E-state index in [9.17, 15) is 4.79 Å². The lowest BCUT2D eigenvalue weighted by atomic mass is 10.2. The highest BCUT2D eigenvalue weighted by Gasteiger charge is 2.50. The minimum atomic E-state index is -2.53. The van der Waals surface area contributed by atoms with E-state index in [2.05, 4.69) is 69.3 Å². The molecule has 0 aromatic heterocycles. The average molecular weight is 324 g/mol. The zero-order chi connectivity index (χ0) is 16.9. The molecule has 120 valence electrons. The molecule has 0 aliphatic rings. The summed E-state index contributed by atoms with van der Waals surface area (Å²) in [5.41, 5.74) is 0.595. The van der Waals surface area contributed by atoms with Crippen molar-refractivity contribution in [3.63, 3.8) is 0 Å². The largest absolute Gasteiger partial charge is 0.403 e. The summed E-state index contributed by atoms with van der Waals surface area (Å²) in [4.78, 5) is 10.9. The number of carbonyl (C=O) groups excluding carboxylic acids is 1. The molecule has 0 radical (unpaired) electrons. The molecule has 0 aliphatic heterocycles. The Hall–Kier alpha value is -1.93. The van der Waals surface area contributed by atoms with Crippen molar-refractivity contribution in [2.45, 2.75) is 32.7 Å². The summed E-state index contributed by atoms with van der Waals surface area (Å²) in [7, 11) is -2.53. The van der Waals surface area contributed by atoms with Gasteiger partial charge in [0.05, 0.1) is 6.61 Å². The van der Waals surface area contributed by atoms with Gasteiger partial charge in [0.15, 0.2) is 0 Å². The highest BCUT2D eigenvalue weighted by atomic mass is 28.4. The molecular formula is C20H24O2Si. The van der Waals surface area contributed by atoms with Crippen LogP contribution < -0.4 is 10.4 Å². The summed E-state index contributed by atoms with van der Waals surface area (Å²) >= 11 is 0. The molecule has 0 spiro atoms. The molecule has 2 aromatic carbocycles. The summed E-state index contributed by atoms with van der Waals surface area (Å²) in [6.07, 6.45) is 0. The van der Waals surface area contributed by atoms with Gasteiger partial charge in [0.1, 0.15) is 5.94 Å². The fourth-order valence-corrected chi connectivity index (χ4v) is 7.60. The van der Waals surface area contributed by atoms with E-state index in [1.165, 1.54) is 10.4 Å². The van der Waals surface area contributed by atoms with Gasteiger partial charge in [-0.05, 0) is 22.3 Å². The van der Waals surface area contributed by atoms with E-state index >= 15 is 0 Å². The molecule has 2 rings (SSSR count). The molecule has 0 saturated heterocycles. The molecule has 0 unspecified atom stereocenters. The highest BCUT2D eigenvalue weighted by Crippen LogP contribution is 2.36. The fourth-order valence-electron chi connectivity index (χ4n) is 3.01. The van der Waals surface area contributed by atoms with Crippen LogP contribution in [0.25, 0.3) is 0 Å². The minimum Gasteiger partial charge on any atom is -0.403 e. The second-order valence-corrected chi connectivity index (χ2v) is 11.1. The van der Waals surface area contributed by atoms with Crippen LogP contribution >= 0.6 is 0 Å². The molecule has 2 aromatic rings. The molecule has 0 amide bonds. The van der Waals surface area contributed by atoms with Crippen LogP contribution in [0.3, 0.4) is 0 Å². The Morgan fingerprint density at radius 1 is 0.957 bits per heavy atom. The normalized spacial score (nSPS) is 11.8. The van der Waals surface area contributed by atoms with Crippen LogP contribution in [0.5, 0.6) is 0 Å². The maximum atomic E-state index is 10.9. The summed E-state index contributed by atoms with van der Waals surface area (Å²) in [5, 5.41) is 2.37. The van der Waals surface area contributed by atoms with Gasteiger partial charge in [-0.1, -0.05) is 81.4 Å². The second kappa shape index (κ2) is 7.09. The number of hydrogen-bond donors (Lipinski definition) is 0. The van der Waals surface area contributed by atoms with E-state index < -0.39 is 8.32 Å². The Kier molecular flexibility index (Phi) is 5.37. The Bertz CT molecular complexity index is 641. The van der Waals surface area contributed by atoms with Crippen LogP contribution in [0, 0.1) is 0 Å². The van der Waals surface area contributed by atoms with Gasteiger partial charge in [0.25, 0.3) is 8.32 Å². The van der Waals surface area contributed by atoms with Crippen molar-refractivity contribution < 1.29 is 9.22 Å². The van der Waals surface area contributed by atoms with E-state index in [-0.39, 0.29) is 5.04 Å². The van der Waals surface area contributed by atoms with Crippen molar-refractivity contribution in [1.82, 2.24) is 0 Å². The standard InChI is InChI=1S/C20H24O2Si/c1-17(15-21)16-22-23(20(2,3)4,18-11-7-5-8-12-18)19-13-9-6-10-14-19/h5-14H,16H2,1-4H3. The summed E-state index contributed by atoms with van der Waals surface area (Å²) in [5.74, 6) is 1.96. The van der Waals surface area contributed by atoms with Gasteiger partial charge in [-0.25, -0.2) is 4.79 Å². The zero-order valence-electron chi connectivity index (χ0n) is 14.3. The van der Waals surface area contributed by atoms with Crippen LogP contribution in [-0.4, -0.2) is 20.9 Å². The quantitative estimate of drug-likeness (QED) is 0.623. The number of benzene rings is 2. The number of hydrogen-bond acceptors (Lipinski definition) is 2. The van der Waals surface area contributed by atoms with Crippen LogP contribution in [0.1, 0.15) is 27.7 Å². The molecule has 3 heteroatoms. The third-order valence-corrected chi connectivity index (χ3v) is 9.08. The van der Waals surface area contributed by atoms with Gasteiger partial charge in [-0.3, -0.25) is 0 Å². The minimum absolute atomic E-state index is 0.0706. The molecular weight excluding hydrogens is 300 g/mol. The van der Waals surface area contributed by atoms with Crippen molar-refractivity contribution in [2.75, 3.05) is 6.61 Å². The predicted octanol–water partition coefficient (Wildman–Crippen LogP) is 3.34. The first-order valence-electron chi connectivity index (χ1n) is 7.87. The molecule has 23 heavy (non-hydrogen) atoms. The first kappa shape index (κ1) is 17.4. The smallest absolute Gasteiger partial charge is 0.261 e. The van der Waals surface area contributed by atoms with Gasteiger partial charge in [-0.2, -0.15) is 0 Å². The van der Waals surface area contributed by atoms with Gasteiger partial charge < -0.3 is 4.43 Å². The summed E-state index contributed by atoms with van der Waals surface area (Å²) in [6.45, 7) is 8.75. The van der Waals surface area contributed by atoms with E-state index in [1.807, 2.05) is 18.1 Å². The van der Waals surface area contributed by atoms with Crippen molar-refractivity contribution in [2.24, 2.45) is 0 Å². The van der Waals surface area contributed by atoms with E-state index in [4.69, 9.17) is 4.43 Å². The topological polar surface area (TPSA) is 26.3 Å². The average Bonchev–Trinajstić information content (AvgIpc) is 2.56. The third kappa shape index (κ3) is 3.53. The van der Waals surface area contributed by atoms with Gasteiger partial charge >= 0.3 is 0 Å². The highest BCUT2D eigenvalue weighted by molar-refractivity contribution is 6.99. The van der Waals surface area contributed by atoms with E-state index in [1.54, 1.807) is 6.92 Å². The third-order valence-electron chi connectivity index (χ3n) is 4.10. The van der Waals surface area contributed by atoms with E-state index in [0.29, 0.717) is 12.2 Å². The van der Waals surface area contributed by atoms with Crippen LogP contribution in [0.15, 0.2) is 66.2 Å². The molecule has 0 fully saturated rings. The van der Waals surface area contributed by atoms with Crippen molar-refractivity contribution >= 4 is 24.6 Å². The molecule has 0 N–H and O–H groups in total. The summed E-state index contributed by atoms with van der Waals surface area (Å²) in [6, 6.07) is 20.8. The van der Waals surface area contributed by atoms with E-state index in [0.717, 1.165) is 0 Å². The molecule has 0 saturated carbocycles. The van der Waals surface area contributed by atoms with Gasteiger partial charge in [0, 0.05) is 5.57 Å². The Morgan fingerprint density at radius 3 is 1.74 bits per heavy atom. The van der Waals surface area contributed by atoms with Crippen LogP contribution in [-0.2, 0) is 9.22 Å². The maximum absolute atomic E-state index is 10.9. The van der Waals surface area contributed by atoms with Crippen molar-refractivity contribution in [1.29, 1.82) is 0 Å². The first-order valence-corrected chi connectivity index (χ1v) is 9.78. The molecule has 2 nitrogen and oxygen atoms in total. The lowest BCUT2D eigenvalue weighted by molar-refractivity contribution is 0.330. The van der Waals surface area contributed by atoms with Gasteiger partial charge in [-0.15, -0.1) is 0 Å². The fraction of sp³-hybridized carbons (Fsp3) is 0.300. The molecule has 0 atom stereocenters. The van der Waals surface area contributed by atoms with Crippen molar-refractivity contribution in [3.8, 4) is 0 Å².